The van der Waals surface area contributed by atoms with Crippen molar-refractivity contribution in [2.75, 3.05) is 22.9 Å². The maximum atomic E-state index is 11.9. The highest BCUT2D eigenvalue weighted by molar-refractivity contribution is 7.80. The first-order chi connectivity index (χ1) is 8.93. The van der Waals surface area contributed by atoms with Gasteiger partial charge in [0.15, 0.2) is 0 Å². The fraction of sp³-hybridized carbons (Fsp3) is 0.364. The molecular formula is C11H12ClN3O3S. The summed E-state index contributed by atoms with van der Waals surface area (Å²) in [6, 6.07) is 2.55. The van der Waals surface area contributed by atoms with Crippen molar-refractivity contribution >= 4 is 47.2 Å². The number of hydrogen-bond acceptors (Lipinski definition) is 5. The zero-order valence-electron chi connectivity index (χ0n) is 9.88. The van der Waals surface area contributed by atoms with Crippen molar-refractivity contribution < 1.29 is 9.72 Å². The molecule has 2 rings (SSSR count). The number of nitro benzene ring substituents is 1. The summed E-state index contributed by atoms with van der Waals surface area (Å²) in [4.78, 5) is 23.5. The van der Waals surface area contributed by atoms with Gasteiger partial charge in [0, 0.05) is 19.0 Å². The summed E-state index contributed by atoms with van der Waals surface area (Å²) in [6.45, 7) is 0.501. The van der Waals surface area contributed by atoms with Crippen molar-refractivity contribution in [1.82, 2.24) is 0 Å². The minimum absolute atomic E-state index is 0.0312. The number of rotatable bonds is 3. The number of benzene rings is 1. The van der Waals surface area contributed by atoms with Gasteiger partial charge in [0.25, 0.3) is 5.69 Å². The molecule has 0 spiro atoms. The zero-order chi connectivity index (χ0) is 14.2. The standard InChI is InChI=1S/C11H12ClN3O3S/c12-7-2-10(8(13)3-9(7)15(17)18)14-4-6(5-19)1-11(14)16/h2-3,6,19H,1,4-5,13H2. The van der Waals surface area contributed by atoms with Crippen LogP contribution in [0.3, 0.4) is 0 Å². The number of anilines is 2. The normalized spacial score (nSPS) is 18.9. The van der Waals surface area contributed by atoms with Gasteiger partial charge in [-0.15, -0.1) is 0 Å². The third-order valence-electron chi connectivity index (χ3n) is 3.05. The smallest absolute Gasteiger partial charge is 0.290 e. The first-order valence-electron chi connectivity index (χ1n) is 5.58. The summed E-state index contributed by atoms with van der Waals surface area (Å²) in [5.74, 6) is 0.683. The molecule has 102 valence electrons. The van der Waals surface area contributed by atoms with Gasteiger partial charge in [-0.2, -0.15) is 12.6 Å². The van der Waals surface area contributed by atoms with Gasteiger partial charge in [0.2, 0.25) is 5.91 Å². The molecule has 1 aromatic carbocycles. The molecule has 0 aromatic heterocycles. The van der Waals surface area contributed by atoms with Gasteiger partial charge in [0.1, 0.15) is 5.02 Å². The molecule has 2 N–H and O–H groups in total. The summed E-state index contributed by atoms with van der Waals surface area (Å²) in [5, 5.41) is 10.7. The van der Waals surface area contributed by atoms with Crippen LogP contribution < -0.4 is 10.6 Å². The Morgan fingerprint density at radius 3 is 2.79 bits per heavy atom. The summed E-state index contributed by atoms with van der Waals surface area (Å²) in [6.07, 6.45) is 0.400. The lowest BCUT2D eigenvalue weighted by atomic mass is 10.1. The van der Waals surface area contributed by atoms with Crippen LogP contribution in [0.25, 0.3) is 0 Å². The number of hydrogen-bond donors (Lipinski definition) is 2. The monoisotopic (exact) mass is 301 g/mol. The van der Waals surface area contributed by atoms with E-state index >= 15 is 0 Å². The Hall–Kier alpha value is -1.47. The molecule has 1 aliphatic rings. The second-order valence-corrected chi connectivity index (χ2v) is 5.15. The molecule has 1 saturated heterocycles. The van der Waals surface area contributed by atoms with Crippen molar-refractivity contribution in [2.45, 2.75) is 6.42 Å². The summed E-state index contributed by atoms with van der Waals surface area (Å²) in [7, 11) is 0. The molecule has 6 nitrogen and oxygen atoms in total. The van der Waals surface area contributed by atoms with Crippen molar-refractivity contribution in [2.24, 2.45) is 5.92 Å². The maximum absolute atomic E-state index is 11.9. The van der Waals surface area contributed by atoms with E-state index in [0.717, 1.165) is 0 Å². The third kappa shape index (κ3) is 2.62. The second-order valence-electron chi connectivity index (χ2n) is 4.38. The molecule has 1 aliphatic heterocycles. The number of halogens is 1. The molecule has 1 fully saturated rings. The van der Waals surface area contributed by atoms with Crippen molar-refractivity contribution in [1.29, 1.82) is 0 Å². The van der Waals surface area contributed by atoms with Crippen LogP contribution in [0.5, 0.6) is 0 Å². The second kappa shape index (κ2) is 5.26. The Morgan fingerprint density at radius 1 is 1.58 bits per heavy atom. The van der Waals surface area contributed by atoms with Crippen LogP contribution in [0.15, 0.2) is 12.1 Å². The molecule has 19 heavy (non-hydrogen) atoms. The minimum atomic E-state index is -0.606. The van der Waals surface area contributed by atoms with E-state index in [1.165, 1.54) is 17.0 Å². The molecule has 0 aliphatic carbocycles. The Balaban J connectivity index is 2.39. The minimum Gasteiger partial charge on any atom is -0.397 e. The van der Waals surface area contributed by atoms with Crippen LogP contribution in [0.4, 0.5) is 17.1 Å². The predicted molar refractivity (Wildman–Crippen MR) is 76.8 cm³/mol. The Labute approximate surface area is 120 Å². The van der Waals surface area contributed by atoms with Crippen LogP contribution in [0.2, 0.25) is 5.02 Å². The molecule has 1 unspecified atom stereocenters. The van der Waals surface area contributed by atoms with Crippen LogP contribution in [-0.4, -0.2) is 23.1 Å². The molecule has 1 heterocycles. The molecular weight excluding hydrogens is 290 g/mol. The molecule has 1 aromatic rings. The fourth-order valence-corrected chi connectivity index (χ4v) is 2.55. The van der Waals surface area contributed by atoms with Gasteiger partial charge < -0.3 is 10.6 Å². The first-order valence-corrected chi connectivity index (χ1v) is 6.59. The van der Waals surface area contributed by atoms with Crippen LogP contribution in [0, 0.1) is 16.0 Å². The number of carbonyl (C=O) groups excluding carboxylic acids is 1. The highest BCUT2D eigenvalue weighted by Crippen LogP contribution is 2.37. The molecule has 1 amide bonds. The number of thiol groups is 1. The summed E-state index contributed by atoms with van der Waals surface area (Å²) < 4.78 is 0. The highest BCUT2D eigenvalue weighted by Gasteiger charge is 2.31. The van der Waals surface area contributed by atoms with E-state index in [9.17, 15) is 14.9 Å². The average Bonchev–Trinajstić information content (AvgIpc) is 2.72. The van der Waals surface area contributed by atoms with E-state index < -0.39 is 4.92 Å². The van der Waals surface area contributed by atoms with E-state index in [-0.39, 0.29) is 28.2 Å². The van der Waals surface area contributed by atoms with Crippen molar-refractivity contribution in [3.8, 4) is 0 Å². The number of nitrogen functional groups attached to an aromatic ring is 1. The number of nitro groups is 1. The quantitative estimate of drug-likeness (QED) is 0.387. The van der Waals surface area contributed by atoms with Gasteiger partial charge in [-0.25, -0.2) is 0 Å². The Morgan fingerprint density at radius 2 is 2.26 bits per heavy atom. The van der Waals surface area contributed by atoms with Gasteiger partial charge in [-0.05, 0) is 17.7 Å². The maximum Gasteiger partial charge on any atom is 0.290 e. The van der Waals surface area contributed by atoms with Crippen LogP contribution >= 0.6 is 24.2 Å². The number of nitrogens with zero attached hydrogens (tertiary/aromatic N) is 2. The fourth-order valence-electron chi connectivity index (χ4n) is 2.08. The van der Waals surface area contributed by atoms with E-state index in [1.54, 1.807) is 0 Å². The lowest BCUT2D eigenvalue weighted by Crippen LogP contribution is -2.25. The Bertz CT molecular complexity index is 552. The number of amides is 1. The topological polar surface area (TPSA) is 89.5 Å². The highest BCUT2D eigenvalue weighted by atomic mass is 35.5. The lowest BCUT2D eigenvalue weighted by molar-refractivity contribution is -0.384. The van der Waals surface area contributed by atoms with E-state index in [2.05, 4.69) is 12.6 Å². The van der Waals surface area contributed by atoms with Crippen LogP contribution in [0.1, 0.15) is 6.42 Å². The van der Waals surface area contributed by atoms with Gasteiger partial charge >= 0.3 is 0 Å². The largest absolute Gasteiger partial charge is 0.397 e. The molecule has 1 atom stereocenters. The van der Waals surface area contributed by atoms with Crippen molar-refractivity contribution in [3.63, 3.8) is 0 Å². The number of carbonyl (C=O) groups is 1. The van der Waals surface area contributed by atoms with Crippen LogP contribution in [-0.2, 0) is 4.79 Å². The van der Waals surface area contributed by atoms with E-state index in [4.69, 9.17) is 17.3 Å². The first kappa shape index (κ1) is 14.0. The summed E-state index contributed by atoms with van der Waals surface area (Å²) >= 11 is 10.0. The average molecular weight is 302 g/mol. The third-order valence-corrected chi connectivity index (χ3v) is 3.87. The predicted octanol–water partition coefficient (Wildman–Crippen LogP) is 2.11. The van der Waals surface area contributed by atoms with Gasteiger partial charge in [-0.3, -0.25) is 14.9 Å². The van der Waals surface area contributed by atoms with Gasteiger partial charge in [-0.1, -0.05) is 11.6 Å². The van der Waals surface area contributed by atoms with E-state index in [0.29, 0.717) is 24.4 Å². The van der Waals surface area contributed by atoms with Crippen molar-refractivity contribution in [3.05, 3.63) is 27.3 Å². The Kier molecular flexibility index (Phi) is 3.86. The molecule has 8 heteroatoms. The number of nitrogens with two attached hydrogens (primary N) is 1. The summed E-state index contributed by atoms with van der Waals surface area (Å²) in [5.41, 5.74) is 6.11. The molecule has 0 radical (unpaired) electrons. The van der Waals surface area contributed by atoms with Gasteiger partial charge in [0.05, 0.1) is 16.3 Å². The molecule has 0 bridgehead atoms. The SMILES string of the molecule is Nc1cc([N+](=O)[O-])c(Cl)cc1N1CC(CS)CC1=O. The zero-order valence-corrected chi connectivity index (χ0v) is 11.5. The van der Waals surface area contributed by atoms with E-state index in [1.807, 2.05) is 0 Å². The molecule has 0 saturated carbocycles. The lowest BCUT2D eigenvalue weighted by Gasteiger charge is -2.18.